The van der Waals surface area contributed by atoms with Gasteiger partial charge in [-0.15, -0.1) is 0 Å². The van der Waals surface area contributed by atoms with Gasteiger partial charge in [-0.25, -0.2) is 9.78 Å². The first kappa shape index (κ1) is 19.2. The number of aromatic carboxylic acids is 1. The second-order valence-electron chi connectivity index (χ2n) is 6.26. The van der Waals surface area contributed by atoms with Crippen LogP contribution >= 0.6 is 23.2 Å². The van der Waals surface area contributed by atoms with Crippen LogP contribution in [0.4, 0.5) is 5.69 Å². The van der Waals surface area contributed by atoms with Crippen molar-refractivity contribution in [2.45, 2.75) is 26.8 Å². The summed E-state index contributed by atoms with van der Waals surface area (Å²) in [6.07, 6.45) is 0. The predicted octanol–water partition coefficient (Wildman–Crippen LogP) is 4.98. The highest BCUT2D eigenvalue weighted by Gasteiger charge is 2.20. The van der Waals surface area contributed by atoms with Crippen LogP contribution in [-0.2, 0) is 0 Å². The Hall–Kier alpha value is -2.57. The van der Waals surface area contributed by atoms with Crippen LogP contribution in [0.25, 0.3) is 11.0 Å². The van der Waals surface area contributed by atoms with Crippen molar-refractivity contribution in [3.63, 3.8) is 0 Å². The molecule has 6 nitrogen and oxygen atoms in total. The molecule has 0 spiro atoms. The summed E-state index contributed by atoms with van der Waals surface area (Å²) in [6.45, 7) is 5.30. The maximum absolute atomic E-state index is 12.5. The van der Waals surface area contributed by atoms with Crippen LogP contribution in [0.2, 0.25) is 10.4 Å². The molecule has 2 N–H and O–H groups in total. The minimum absolute atomic E-state index is 0.0317. The topological polar surface area (TPSA) is 92.4 Å². The Kier molecular flexibility index (Phi) is 5.13. The molecule has 0 radical (unpaired) electrons. The van der Waals surface area contributed by atoms with Gasteiger partial charge in [0.15, 0.2) is 11.1 Å². The number of pyridine rings is 1. The van der Waals surface area contributed by atoms with E-state index in [0.717, 1.165) is 5.56 Å². The molecule has 3 rings (SSSR count). The van der Waals surface area contributed by atoms with Crippen LogP contribution in [0.3, 0.4) is 0 Å². The Morgan fingerprint density at radius 3 is 2.63 bits per heavy atom. The third-order valence-electron chi connectivity index (χ3n) is 4.24. The fourth-order valence-corrected chi connectivity index (χ4v) is 3.20. The van der Waals surface area contributed by atoms with Gasteiger partial charge in [-0.05, 0) is 56.1 Å². The van der Waals surface area contributed by atoms with E-state index in [1.165, 1.54) is 6.07 Å². The molecule has 8 heteroatoms. The molecular formula is C19H16Cl2N2O4. The molecule has 27 heavy (non-hydrogen) atoms. The molecule has 1 aromatic carbocycles. The zero-order valence-electron chi connectivity index (χ0n) is 14.8. The van der Waals surface area contributed by atoms with Gasteiger partial charge in [0, 0.05) is 5.56 Å². The van der Waals surface area contributed by atoms with Crippen molar-refractivity contribution in [1.82, 2.24) is 4.98 Å². The van der Waals surface area contributed by atoms with Crippen LogP contribution in [0.1, 0.15) is 40.1 Å². The minimum atomic E-state index is -1.20. The first-order chi connectivity index (χ1) is 12.7. The lowest BCUT2D eigenvalue weighted by molar-refractivity contribution is 0.0691. The van der Waals surface area contributed by atoms with Gasteiger partial charge in [0.2, 0.25) is 5.22 Å². The van der Waals surface area contributed by atoms with Gasteiger partial charge >= 0.3 is 5.97 Å². The number of carboxylic acids is 1. The number of nitrogens with one attached hydrogen (secondary N) is 1. The van der Waals surface area contributed by atoms with Crippen molar-refractivity contribution in [3.05, 3.63) is 67.2 Å². The largest absolute Gasteiger partial charge is 0.476 e. The van der Waals surface area contributed by atoms with Crippen molar-refractivity contribution in [1.29, 1.82) is 0 Å². The van der Waals surface area contributed by atoms with E-state index in [9.17, 15) is 14.7 Å². The molecule has 0 amide bonds. The summed E-state index contributed by atoms with van der Waals surface area (Å²) in [5, 5.41) is 13.0. The Balaban J connectivity index is 2.13. The van der Waals surface area contributed by atoms with E-state index in [1.807, 2.05) is 19.9 Å². The molecule has 0 saturated heterocycles. The van der Waals surface area contributed by atoms with Gasteiger partial charge in [-0.3, -0.25) is 4.79 Å². The number of carboxylic acid groups (broad SMARTS) is 1. The number of aryl methyl sites for hydroxylation is 1. The second-order valence-corrected chi connectivity index (χ2v) is 6.99. The molecule has 0 aliphatic rings. The standard InChI is InChI=1S/C19H16Cl2N2O4/c1-8-6-11(17-12(7-8)16(24)9(2)18(21)27-17)10(3)22-13-4-5-14(20)23-15(13)19(25)26/h4-7,10,22H,1-3H3,(H,25,26)/t10-/m1/s1. The van der Waals surface area contributed by atoms with Gasteiger partial charge in [0.25, 0.3) is 0 Å². The lowest BCUT2D eigenvalue weighted by Crippen LogP contribution is -2.14. The maximum atomic E-state index is 12.5. The zero-order chi connectivity index (χ0) is 19.9. The molecule has 0 unspecified atom stereocenters. The number of halogens is 2. The summed E-state index contributed by atoms with van der Waals surface area (Å²) >= 11 is 11.9. The Morgan fingerprint density at radius 1 is 1.26 bits per heavy atom. The van der Waals surface area contributed by atoms with E-state index in [1.54, 1.807) is 19.1 Å². The molecule has 0 fully saturated rings. The average molecular weight is 407 g/mol. The fourth-order valence-electron chi connectivity index (χ4n) is 2.89. The van der Waals surface area contributed by atoms with Crippen molar-refractivity contribution >= 4 is 45.8 Å². The number of benzene rings is 1. The molecular weight excluding hydrogens is 391 g/mol. The third kappa shape index (κ3) is 3.63. The van der Waals surface area contributed by atoms with Crippen LogP contribution < -0.4 is 10.7 Å². The van der Waals surface area contributed by atoms with E-state index < -0.39 is 12.0 Å². The van der Waals surface area contributed by atoms with Gasteiger partial charge in [-0.2, -0.15) is 0 Å². The summed E-state index contributed by atoms with van der Waals surface area (Å²) in [7, 11) is 0. The Bertz CT molecular complexity index is 1120. The number of nitrogens with zero attached hydrogens (tertiary/aromatic N) is 1. The molecule has 0 saturated carbocycles. The smallest absolute Gasteiger partial charge is 0.356 e. The van der Waals surface area contributed by atoms with E-state index >= 15 is 0 Å². The highest BCUT2D eigenvalue weighted by molar-refractivity contribution is 6.30. The molecule has 1 atom stereocenters. The predicted molar refractivity (Wildman–Crippen MR) is 105 cm³/mol. The van der Waals surface area contributed by atoms with E-state index in [4.69, 9.17) is 27.6 Å². The molecule has 0 aliphatic carbocycles. The number of anilines is 1. The summed E-state index contributed by atoms with van der Waals surface area (Å²) < 4.78 is 5.69. The highest BCUT2D eigenvalue weighted by Crippen LogP contribution is 2.30. The SMILES string of the molecule is Cc1cc([C@@H](C)Nc2ccc(Cl)nc2C(=O)O)c2oc(Cl)c(C)c(=O)c2c1. The lowest BCUT2D eigenvalue weighted by Gasteiger charge is -2.19. The van der Waals surface area contributed by atoms with Gasteiger partial charge in [0.1, 0.15) is 10.7 Å². The molecule has 0 bridgehead atoms. The van der Waals surface area contributed by atoms with Gasteiger partial charge < -0.3 is 14.8 Å². The number of hydrogen-bond acceptors (Lipinski definition) is 5. The van der Waals surface area contributed by atoms with E-state index in [-0.39, 0.29) is 21.5 Å². The number of carbonyl (C=O) groups is 1. The quantitative estimate of drug-likeness (QED) is 0.593. The monoisotopic (exact) mass is 406 g/mol. The first-order valence-electron chi connectivity index (χ1n) is 8.09. The first-order valence-corrected chi connectivity index (χ1v) is 8.84. The summed E-state index contributed by atoms with van der Waals surface area (Å²) in [6, 6.07) is 6.25. The Morgan fingerprint density at radius 2 is 1.96 bits per heavy atom. The molecule has 0 aliphatic heterocycles. The number of fused-ring (bicyclic) bond motifs is 1. The third-order valence-corrected chi connectivity index (χ3v) is 4.81. The summed E-state index contributed by atoms with van der Waals surface area (Å²) in [5.41, 5.74) is 2.16. The highest BCUT2D eigenvalue weighted by atomic mass is 35.5. The molecule has 2 aromatic heterocycles. The maximum Gasteiger partial charge on any atom is 0.356 e. The number of hydrogen-bond donors (Lipinski definition) is 2. The fraction of sp³-hybridized carbons (Fsp3) is 0.211. The van der Waals surface area contributed by atoms with Gasteiger partial charge in [-0.1, -0.05) is 17.7 Å². The van der Waals surface area contributed by atoms with Crippen LogP contribution in [0.5, 0.6) is 0 Å². The molecule has 2 heterocycles. The molecule has 140 valence electrons. The Labute approximate surface area is 164 Å². The van der Waals surface area contributed by atoms with E-state index in [2.05, 4.69) is 10.3 Å². The van der Waals surface area contributed by atoms with Crippen molar-refractivity contribution in [2.75, 3.05) is 5.32 Å². The average Bonchev–Trinajstić information content (AvgIpc) is 2.61. The molecule has 3 aromatic rings. The minimum Gasteiger partial charge on any atom is -0.476 e. The van der Waals surface area contributed by atoms with Gasteiger partial charge in [0.05, 0.1) is 22.7 Å². The van der Waals surface area contributed by atoms with Crippen LogP contribution in [0.15, 0.2) is 33.5 Å². The van der Waals surface area contributed by atoms with E-state index in [0.29, 0.717) is 27.8 Å². The lowest BCUT2D eigenvalue weighted by atomic mass is 10.0. The van der Waals surface area contributed by atoms with Crippen LogP contribution in [0, 0.1) is 13.8 Å². The number of aromatic nitrogens is 1. The van der Waals surface area contributed by atoms with Crippen molar-refractivity contribution in [2.24, 2.45) is 0 Å². The van der Waals surface area contributed by atoms with Crippen LogP contribution in [-0.4, -0.2) is 16.1 Å². The summed E-state index contributed by atoms with van der Waals surface area (Å²) in [5.74, 6) is -1.20. The van der Waals surface area contributed by atoms with Crippen molar-refractivity contribution in [3.8, 4) is 0 Å². The second kappa shape index (κ2) is 7.21. The number of rotatable bonds is 4. The summed E-state index contributed by atoms with van der Waals surface area (Å²) in [4.78, 5) is 27.8. The normalized spacial score (nSPS) is 12.2. The zero-order valence-corrected chi connectivity index (χ0v) is 16.3. The van der Waals surface area contributed by atoms with Crippen molar-refractivity contribution < 1.29 is 14.3 Å².